The van der Waals surface area contributed by atoms with Crippen LogP contribution >= 0.6 is 0 Å². The molecule has 1 aromatic heterocycles. The zero-order chi connectivity index (χ0) is 13.8. The van der Waals surface area contributed by atoms with Crippen molar-refractivity contribution in [2.24, 2.45) is 0 Å². The summed E-state index contributed by atoms with van der Waals surface area (Å²) in [5.74, 6) is 0.984. The smallest absolute Gasteiger partial charge is 0.129 e. The van der Waals surface area contributed by atoms with Crippen molar-refractivity contribution in [1.29, 1.82) is 0 Å². The van der Waals surface area contributed by atoms with Crippen molar-refractivity contribution in [2.75, 3.05) is 17.2 Å². The summed E-state index contributed by atoms with van der Waals surface area (Å²) in [6.07, 6.45) is 1.74. The van der Waals surface area contributed by atoms with E-state index in [9.17, 15) is 0 Å². The highest BCUT2D eigenvalue weighted by Crippen LogP contribution is 2.20. The lowest BCUT2D eigenvalue weighted by Gasteiger charge is -2.23. The first-order valence-electron chi connectivity index (χ1n) is 6.63. The summed E-state index contributed by atoms with van der Waals surface area (Å²) >= 11 is 0. The van der Waals surface area contributed by atoms with Crippen molar-refractivity contribution in [3.05, 3.63) is 53.2 Å². The average Bonchev–Trinajstić information content (AvgIpc) is 2.41. The number of benzene rings is 1. The van der Waals surface area contributed by atoms with Gasteiger partial charge in [0.05, 0.1) is 11.9 Å². The van der Waals surface area contributed by atoms with E-state index in [1.54, 1.807) is 6.20 Å². The highest BCUT2D eigenvalue weighted by Gasteiger charge is 2.09. The molecule has 2 N–H and O–H groups in total. The molecule has 100 valence electrons. The number of hydrogen-bond donors (Lipinski definition) is 1. The minimum Gasteiger partial charge on any atom is -0.397 e. The first-order valence-corrected chi connectivity index (χ1v) is 6.63. The molecule has 0 unspecified atom stereocenters. The lowest BCUT2D eigenvalue weighted by atomic mass is 10.1. The first-order chi connectivity index (χ1) is 9.11. The molecule has 0 aliphatic carbocycles. The molecule has 2 aromatic rings. The molecule has 0 aliphatic rings. The fourth-order valence-corrected chi connectivity index (χ4v) is 2.07. The maximum absolute atomic E-state index is 5.83. The summed E-state index contributed by atoms with van der Waals surface area (Å²) in [5.41, 5.74) is 10.3. The molecule has 19 heavy (non-hydrogen) atoms. The zero-order valence-electron chi connectivity index (χ0n) is 11.9. The predicted molar refractivity (Wildman–Crippen MR) is 81.3 cm³/mol. The fraction of sp³-hybridized carbons (Fsp3) is 0.312. The highest BCUT2D eigenvalue weighted by molar-refractivity contribution is 5.52. The van der Waals surface area contributed by atoms with Crippen LogP contribution in [-0.4, -0.2) is 11.5 Å². The maximum Gasteiger partial charge on any atom is 0.129 e. The molecule has 0 saturated carbocycles. The van der Waals surface area contributed by atoms with Gasteiger partial charge in [-0.1, -0.05) is 24.3 Å². The van der Waals surface area contributed by atoms with Gasteiger partial charge in [0, 0.05) is 13.1 Å². The fourth-order valence-electron chi connectivity index (χ4n) is 2.07. The number of nitrogens with two attached hydrogens (primary N) is 1. The molecule has 0 saturated heterocycles. The van der Waals surface area contributed by atoms with E-state index in [4.69, 9.17) is 5.73 Å². The molecule has 1 aromatic carbocycles. The summed E-state index contributed by atoms with van der Waals surface area (Å²) in [7, 11) is 0. The Morgan fingerprint density at radius 1 is 1.16 bits per heavy atom. The molecular weight excluding hydrogens is 234 g/mol. The highest BCUT2D eigenvalue weighted by atomic mass is 15.2. The number of hydrogen-bond acceptors (Lipinski definition) is 3. The summed E-state index contributed by atoms with van der Waals surface area (Å²) in [4.78, 5) is 6.70. The van der Waals surface area contributed by atoms with Gasteiger partial charge < -0.3 is 10.6 Å². The number of pyridine rings is 1. The second-order valence-corrected chi connectivity index (χ2v) is 4.84. The predicted octanol–water partition coefficient (Wildman–Crippen LogP) is 3.31. The van der Waals surface area contributed by atoms with Gasteiger partial charge in [0.15, 0.2) is 0 Å². The summed E-state index contributed by atoms with van der Waals surface area (Å²) in [6, 6.07) is 10.5. The number of aromatic nitrogens is 1. The molecule has 0 fully saturated rings. The Balaban J connectivity index is 2.25. The van der Waals surface area contributed by atoms with Crippen molar-refractivity contribution < 1.29 is 0 Å². The Hall–Kier alpha value is -2.03. The van der Waals surface area contributed by atoms with Crippen LogP contribution in [0.1, 0.15) is 23.6 Å². The van der Waals surface area contributed by atoms with Gasteiger partial charge >= 0.3 is 0 Å². The number of anilines is 2. The van der Waals surface area contributed by atoms with Crippen LogP contribution < -0.4 is 10.6 Å². The van der Waals surface area contributed by atoms with Gasteiger partial charge in [-0.15, -0.1) is 0 Å². The lowest BCUT2D eigenvalue weighted by Crippen LogP contribution is -2.23. The van der Waals surface area contributed by atoms with E-state index in [2.05, 4.69) is 54.1 Å². The van der Waals surface area contributed by atoms with Crippen molar-refractivity contribution in [3.8, 4) is 0 Å². The first kappa shape index (κ1) is 13.4. The molecule has 0 spiro atoms. The van der Waals surface area contributed by atoms with Gasteiger partial charge in [-0.3, -0.25) is 0 Å². The van der Waals surface area contributed by atoms with Gasteiger partial charge in [0.2, 0.25) is 0 Å². The van der Waals surface area contributed by atoms with Crippen LogP contribution in [0, 0.1) is 13.8 Å². The Morgan fingerprint density at radius 3 is 2.53 bits per heavy atom. The van der Waals surface area contributed by atoms with Crippen LogP contribution in [0.25, 0.3) is 0 Å². The van der Waals surface area contributed by atoms with Gasteiger partial charge in [-0.25, -0.2) is 4.98 Å². The van der Waals surface area contributed by atoms with Gasteiger partial charge in [-0.05, 0) is 43.5 Å². The standard InChI is InChI=1S/C16H21N3/c1-4-19(11-14-8-6-5-7-12(14)2)16-9-13(3)15(17)10-18-16/h5-10H,4,11,17H2,1-3H3. The number of nitrogens with zero attached hydrogens (tertiary/aromatic N) is 2. The van der Waals surface area contributed by atoms with Crippen molar-refractivity contribution in [3.63, 3.8) is 0 Å². The van der Waals surface area contributed by atoms with Gasteiger partial charge in [0.25, 0.3) is 0 Å². The van der Waals surface area contributed by atoms with Gasteiger partial charge in [-0.2, -0.15) is 0 Å². The molecule has 0 bridgehead atoms. The van der Waals surface area contributed by atoms with Crippen LogP contribution in [0.3, 0.4) is 0 Å². The van der Waals surface area contributed by atoms with E-state index in [0.29, 0.717) is 0 Å². The molecular formula is C16H21N3. The Bertz CT molecular complexity index is 564. The molecule has 0 atom stereocenters. The van der Waals surface area contributed by atoms with E-state index in [1.807, 2.05) is 6.92 Å². The minimum absolute atomic E-state index is 0.746. The Labute approximate surface area is 115 Å². The molecule has 0 amide bonds. The van der Waals surface area contributed by atoms with E-state index in [1.165, 1.54) is 11.1 Å². The van der Waals surface area contributed by atoms with Crippen LogP contribution in [0.5, 0.6) is 0 Å². The largest absolute Gasteiger partial charge is 0.397 e. The second kappa shape index (κ2) is 5.74. The van der Waals surface area contributed by atoms with Crippen LogP contribution in [-0.2, 0) is 6.54 Å². The van der Waals surface area contributed by atoms with Crippen LogP contribution in [0.4, 0.5) is 11.5 Å². The van der Waals surface area contributed by atoms with Crippen LogP contribution in [0.2, 0.25) is 0 Å². The Morgan fingerprint density at radius 2 is 1.89 bits per heavy atom. The molecule has 1 heterocycles. The Kier molecular flexibility index (Phi) is 4.05. The molecule has 0 radical (unpaired) electrons. The summed E-state index contributed by atoms with van der Waals surface area (Å²) < 4.78 is 0. The van der Waals surface area contributed by atoms with E-state index in [-0.39, 0.29) is 0 Å². The lowest BCUT2D eigenvalue weighted by molar-refractivity contribution is 0.809. The third kappa shape index (κ3) is 3.05. The quantitative estimate of drug-likeness (QED) is 0.911. The molecule has 2 rings (SSSR count). The van der Waals surface area contributed by atoms with Gasteiger partial charge in [0.1, 0.15) is 5.82 Å². The van der Waals surface area contributed by atoms with Crippen molar-refractivity contribution in [2.45, 2.75) is 27.3 Å². The SMILES string of the molecule is CCN(Cc1ccccc1C)c1cc(C)c(N)cn1. The monoisotopic (exact) mass is 255 g/mol. The number of nitrogen functional groups attached to an aromatic ring is 1. The van der Waals surface area contributed by atoms with Crippen molar-refractivity contribution in [1.82, 2.24) is 4.98 Å². The van der Waals surface area contributed by atoms with Crippen LogP contribution in [0.15, 0.2) is 36.5 Å². The number of rotatable bonds is 4. The van der Waals surface area contributed by atoms with E-state index < -0.39 is 0 Å². The second-order valence-electron chi connectivity index (χ2n) is 4.84. The third-order valence-electron chi connectivity index (χ3n) is 3.47. The topological polar surface area (TPSA) is 42.1 Å². The molecule has 3 heteroatoms. The summed E-state index contributed by atoms with van der Waals surface area (Å²) in [5, 5.41) is 0. The minimum atomic E-state index is 0.746. The van der Waals surface area contributed by atoms with Crippen molar-refractivity contribution >= 4 is 11.5 Å². The zero-order valence-corrected chi connectivity index (χ0v) is 11.9. The molecule has 0 aliphatic heterocycles. The number of aryl methyl sites for hydroxylation is 2. The van der Waals surface area contributed by atoms with E-state index >= 15 is 0 Å². The third-order valence-corrected chi connectivity index (χ3v) is 3.47. The maximum atomic E-state index is 5.83. The average molecular weight is 255 g/mol. The normalized spacial score (nSPS) is 10.5. The molecule has 3 nitrogen and oxygen atoms in total. The summed E-state index contributed by atoms with van der Waals surface area (Å²) in [6.45, 7) is 8.10. The van der Waals surface area contributed by atoms with E-state index in [0.717, 1.165) is 30.2 Å².